The smallest absolute Gasteiger partial charge is 0.257 e. The Morgan fingerprint density at radius 1 is 1.25 bits per heavy atom. The van der Waals surface area contributed by atoms with Crippen molar-refractivity contribution < 1.29 is 0 Å². The van der Waals surface area contributed by atoms with Crippen LogP contribution in [0.5, 0.6) is 0 Å². The first-order chi connectivity index (χ1) is 9.43. The topological polar surface area (TPSA) is 32.9 Å². The molecule has 0 aliphatic carbocycles. The number of halogens is 1. The second-order valence-electron chi connectivity index (χ2n) is 4.75. The average Bonchev–Trinajstić information content (AvgIpc) is 2.40. The maximum atomic E-state index is 12.2. The van der Waals surface area contributed by atoms with Crippen LogP contribution in [-0.2, 0) is 0 Å². The van der Waals surface area contributed by atoms with Gasteiger partial charge in [0.1, 0.15) is 0 Å². The molecule has 2 aromatic rings. The number of nitrogens with one attached hydrogen (secondary N) is 1. The number of pyridine rings is 1. The van der Waals surface area contributed by atoms with Gasteiger partial charge < -0.3 is 4.98 Å². The van der Waals surface area contributed by atoms with E-state index in [0.29, 0.717) is 10.0 Å². The van der Waals surface area contributed by atoms with Crippen LogP contribution in [0, 0.1) is 13.8 Å². The molecule has 102 valence electrons. The van der Waals surface area contributed by atoms with Crippen molar-refractivity contribution in [1.29, 1.82) is 0 Å². The summed E-state index contributed by atoms with van der Waals surface area (Å²) in [5.74, 6) is 0. The summed E-state index contributed by atoms with van der Waals surface area (Å²) in [6.07, 6.45) is 1.67. The van der Waals surface area contributed by atoms with Crippen LogP contribution in [0.1, 0.15) is 22.3 Å². The van der Waals surface area contributed by atoms with Gasteiger partial charge in [0.15, 0.2) is 0 Å². The fourth-order valence-corrected chi connectivity index (χ4v) is 2.49. The van der Waals surface area contributed by atoms with E-state index in [0.717, 1.165) is 16.8 Å². The van der Waals surface area contributed by atoms with Gasteiger partial charge in [0, 0.05) is 10.2 Å². The van der Waals surface area contributed by atoms with E-state index in [1.54, 1.807) is 6.08 Å². The molecular formula is C17H16BrNO. The van der Waals surface area contributed by atoms with Gasteiger partial charge in [-0.15, -0.1) is 0 Å². The molecule has 3 heteroatoms. The lowest BCUT2D eigenvalue weighted by Crippen LogP contribution is -2.13. The van der Waals surface area contributed by atoms with Gasteiger partial charge in [-0.1, -0.05) is 47.3 Å². The van der Waals surface area contributed by atoms with Crippen LogP contribution in [0.15, 0.2) is 42.2 Å². The van der Waals surface area contributed by atoms with Crippen molar-refractivity contribution in [2.45, 2.75) is 13.8 Å². The van der Waals surface area contributed by atoms with Crippen LogP contribution in [0.2, 0.25) is 0 Å². The van der Waals surface area contributed by atoms with Gasteiger partial charge in [0.25, 0.3) is 5.56 Å². The van der Waals surface area contributed by atoms with E-state index in [4.69, 9.17) is 0 Å². The maximum absolute atomic E-state index is 12.2. The Morgan fingerprint density at radius 2 is 1.95 bits per heavy atom. The first kappa shape index (κ1) is 14.5. The Bertz CT molecular complexity index is 756. The SMILES string of the molecule is C=Cc1cc(-c2ccc(C)c(C)c2)[nH]c(=O)c1C(=C)Br. The molecule has 20 heavy (non-hydrogen) atoms. The summed E-state index contributed by atoms with van der Waals surface area (Å²) in [4.78, 5) is 15.1. The Balaban J connectivity index is 2.67. The van der Waals surface area contributed by atoms with Gasteiger partial charge in [-0.3, -0.25) is 4.79 Å². The minimum Gasteiger partial charge on any atom is -0.321 e. The van der Waals surface area contributed by atoms with Crippen molar-refractivity contribution in [3.63, 3.8) is 0 Å². The lowest BCUT2D eigenvalue weighted by molar-refractivity contribution is 1.21. The number of H-pyrrole nitrogens is 1. The van der Waals surface area contributed by atoms with Crippen LogP contribution in [-0.4, -0.2) is 4.98 Å². The van der Waals surface area contributed by atoms with E-state index in [1.807, 2.05) is 18.2 Å². The molecule has 0 spiro atoms. The van der Waals surface area contributed by atoms with Crippen LogP contribution in [0.3, 0.4) is 0 Å². The molecule has 0 radical (unpaired) electrons. The zero-order valence-electron chi connectivity index (χ0n) is 11.6. The molecule has 0 aliphatic rings. The van der Waals surface area contributed by atoms with E-state index in [-0.39, 0.29) is 5.56 Å². The second-order valence-corrected chi connectivity index (χ2v) is 5.71. The third kappa shape index (κ3) is 2.68. The van der Waals surface area contributed by atoms with E-state index in [2.05, 4.69) is 54.0 Å². The third-order valence-electron chi connectivity index (χ3n) is 3.37. The summed E-state index contributed by atoms with van der Waals surface area (Å²) >= 11 is 3.26. The molecule has 2 rings (SSSR count). The normalized spacial score (nSPS) is 10.3. The molecule has 1 N–H and O–H groups in total. The van der Waals surface area contributed by atoms with Crippen molar-refractivity contribution in [1.82, 2.24) is 4.98 Å². The first-order valence-electron chi connectivity index (χ1n) is 6.26. The minimum atomic E-state index is -0.169. The van der Waals surface area contributed by atoms with Gasteiger partial charge in [0.05, 0.1) is 5.56 Å². The summed E-state index contributed by atoms with van der Waals surface area (Å²) in [5, 5.41) is 0. The number of hydrogen-bond acceptors (Lipinski definition) is 1. The van der Waals surface area contributed by atoms with Crippen LogP contribution in [0.4, 0.5) is 0 Å². The lowest BCUT2D eigenvalue weighted by atomic mass is 10.0. The average molecular weight is 330 g/mol. The number of aromatic amines is 1. The van der Waals surface area contributed by atoms with Crippen LogP contribution >= 0.6 is 15.9 Å². The summed E-state index contributed by atoms with van der Waals surface area (Å²) in [5.41, 5.74) is 5.31. The Morgan fingerprint density at radius 3 is 2.50 bits per heavy atom. The summed E-state index contributed by atoms with van der Waals surface area (Å²) in [6, 6.07) is 8.04. The van der Waals surface area contributed by atoms with Crippen LogP contribution < -0.4 is 5.56 Å². The molecule has 0 aliphatic heterocycles. The number of hydrogen-bond donors (Lipinski definition) is 1. The largest absolute Gasteiger partial charge is 0.321 e. The van der Waals surface area contributed by atoms with E-state index in [9.17, 15) is 4.79 Å². The molecule has 1 heterocycles. The lowest BCUT2D eigenvalue weighted by Gasteiger charge is -2.09. The zero-order valence-corrected chi connectivity index (χ0v) is 13.2. The van der Waals surface area contributed by atoms with E-state index in [1.165, 1.54) is 11.1 Å². The zero-order chi connectivity index (χ0) is 14.9. The molecular weight excluding hydrogens is 314 g/mol. The summed E-state index contributed by atoms with van der Waals surface area (Å²) in [6.45, 7) is 11.7. The van der Waals surface area contributed by atoms with Gasteiger partial charge in [-0.05, 0) is 48.2 Å². The monoisotopic (exact) mass is 329 g/mol. The highest BCUT2D eigenvalue weighted by Gasteiger charge is 2.10. The summed E-state index contributed by atoms with van der Waals surface area (Å²) < 4.78 is 0.556. The van der Waals surface area contributed by atoms with E-state index >= 15 is 0 Å². The molecule has 0 bridgehead atoms. The standard InChI is InChI=1S/C17H16BrNO/c1-5-13-9-15(19-17(20)16(13)12(4)18)14-7-6-10(2)11(3)8-14/h5-9H,1,4H2,2-3H3,(H,19,20). The third-order valence-corrected chi connectivity index (χ3v) is 3.77. The number of aromatic nitrogens is 1. The number of rotatable bonds is 3. The van der Waals surface area contributed by atoms with Crippen molar-refractivity contribution in [3.05, 3.63) is 70.0 Å². The van der Waals surface area contributed by atoms with Crippen LogP contribution in [0.25, 0.3) is 21.8 Å². The molecule has 0 fully saturated rings. The molecule has 0 amide bonds. The van der Waals surface area contributed by atoms with Gasteiger partial charge >= 0.3 is 0 Å². The molecule has 0 saturated heterocycles. The van der Waals surface area contributed by atoms with Crippen molar-refractivity contribution in [2.75, 3.05) is 0 Å². The molecule has 0 atom stereocenters. The predicted molar refractivity (Wildman–Crippen MR) is 90.0 cm³/mol. The van der Waals surface area contributed by atoms with Gasteiger partial charge in [-0.2, -0.15) is 0 Å². The predicted octanol–water partition coefficient (Wildman–Crippen LogP) is 4.67. The maximum Gasteiger partial charge on any atom is 0.257 e. The molecule has 0 unspecified atom stereocenters. The second kappa shape index (κ2) is 5.63. The molecule has 0 saturated carbocycles. The Labute approximate surface area is 127 Å². The molecule has 1 aromatic carbocycles. The fourth-order valence-electron chi connectivity index (χ4n) is 2.08. The first-order valence-corrected chi connectivity index (χ1v) is 7.05. The Hall–Kier alpha value is -1.87. The van der Waals surface area contributed by atoms with Gasteiger partial charge in [-0.25, -0.2) is 0 Å². The Kier molecular flexibility index (Phi) is 4.09. The van der Waals surface area contributed by atoms with E-state index < -0.39 is 0 Å². The van der Waals surface area contributed by atoms with Crippen molar-refractivity contribution in [3.8, 4) is 11.3 Å². The number of aryl methyl sites for hydroxylation is 2. The highest BCUT2D eigenvalue weighted by atomic mass is 79.9. The highest BCUT2D eigenvalue weighted by Crippen LogP contribution is 2.25. The van der Waals surface area contributed by atoms with Crippen molar-refractivity contribution >= 4 is 26.5 Å². The van der Waals surface area contributed by atoms with Crippen molar-refractivity contribution in [2.24, 2.45) is 0 Å². The van der Waals surface area contributed by atoms with Gasteiger partial charge in [0.2, 0.25) is 0 Å². The minimum absolute atomic E-state index is 0.169. The number of benzene rings is 1. The molecule has 2 nitrogen and oxygen atoms in total. The fraction of sp³-hybridized carbons (Fsp3) is 0.118. The highest BCUT2D eigenvalue weighted by molar-refractivity contribution is 9.15. The molecule has 1 aromatic heterocycles. The summed E-state index contributed by atoms with van der Waals surface area (Å²) in [7, 11) is 0. The quantitative estimate of drug-likeness (QED) is 0.872.